The van der Waals surface area contributed by atoms with Gasteiger partial charge in [0, 0.05) is 13.5 Å². The molecule has 0 bridgehead atoms. The predicted molar refractivity (Wildman–Crippen MR) is 89.1 cm³/mol. The van der Waals surface area contributed by atoms with Gasteiger partial charge in [-0.15, -0.1) is 0 Å². The molecule has 0 radical (unpaired) electrons. The van der Waals surface area contributed by atoms with E-state index in [0.29, 0.717) is 6.42 Å². The highest BCUT2D eigenvalue weighted by atomic mass is 16.3. The van der Waals surface area contributed by atoms with Gasteiger partial charge in [-0.2, -0.15) is 0 Å². The molecular weight excluding hydrogens is 264 g/mol. The maximum Gasteiger partial charge on any atom is 0.222 e. The van der Waals surface area contributed by atoms with E-state index in [0.717, 1.165) is 43.4 Å². The van der Waals surface area contributed by atoms with Crippen LogP contribution in [0, 0.1) is 0 Å². The van der Waals surface area contributed by atoms with Crippen LogP contribution in [0.1, 0.15) is 45.4 Å². The van der Waals surface area contributed by atoms with Crippen LogP contribution in [0.15, 0.2) is 12.2 Å². The quantitative estimate of drug-likeness (QED) is 0.341. The number of hydrogen-bond donors (Lipinski definition) is 1. The van der Waals surface area contributed by atoms with E-state index in [1.807, 2.05) is 11.9 Å². The van der Waals surface area contributed by atoms with Crippen molar-refractivity contribution in [1.29, 1.82) is 0 Å². The van der Waals surface area contributed by atoms with Gasteiger partial charge < -0.3 is 14.5 Å². The molecule has 0 spiro atoms. The van der Waals surface area contributed by atoms with E-state index in [2.05, 4.69) is 33.2 Å². The number of hydrogen-bond acceptors (Lipinski definition) is 2. The molecule has 4 nitrogen and oxygen atoms in total. The van der Waals surface area contributed by atoms with Crippen molar-refractivity contribution in [2.24, 2.45) is 0 Å². The summed E-state index contributed by atoms with van der Waals surface area (Å²) in [6.07, 6.45) is 10.6. The second-order valence-electron chi connectivity index (χ2n) is 6.43. The van der Waals surface area contributed by atoms with Crippen LogP contribution in [-0.4, -0.2) is 67.8 Å². The highest BCUT2D eigenvalue weighted by Gasteiger charge is 2.16. The van der Waals surface area contributed by atoms with Crippen molar-refractivity contribution in [2.75, 3.05) is 47.4 Å². The van der Waals surface area contributed by atoms with Crippen LogP contribution in [-0.2, 0) is 4.79 Å². The molecule has 0 rings (SSSR count). The van der Waals surface area contributed by atoms with E-state index in [9.17, 15) is 4.79 Å². The SMILES string of the molecule is CCCC/C=C/CCCC(=O)N(C)CC[N+](C)(C)CCO. The summed E-state index contributed by atoms with van der Waals surface area (Å²) in [5, 5.41) is 8.99. The molecule has 0 aliphatic carbocycles. The van der Waals surface area contributed by atoms with Gasteiger partial charge in [0.15, 0.2) is 0 Å². The molecule has 4 heteroatoms. The molecule has 0 saturated carbocycles. The second kappa shape index (κ2) is 11.8. The normalized spacial score (nSPS) is 12.0. The number of nitrogens with zero attached hydrogens (tertiary/aromatic N) is 2. The van der Waals surface area contributed by atoms with Crippen molar-refractivity contribution < 1.29 is 14.4 Å². The number of unbranched alkanes of at least 4 members (excludes halogenated alkanes) is 3. The van der Waals surface area contributed by atoms with Gasteiger partial charge in [-0.25, -0.2) is 0 Å². The number of quaternary nitrogens is 1. The van der Waals surface area contributed by atoms with Crippen LogP contribution in [0.3, 0.4) is 0 Å². The Hall–Kier alpha value is -0.870. The molecule has 0 atom stereocenters. The number of carbonyl (C=O) groups excluding carboxylic acids is 1. The van der Waals surface area contributed by atoms with E-state index in [-0.39, 0.29) is 12.5 Å². The van der Waals surface area contributed by atoms with Crippen LogP contribution in [0.4, 0.5) is 0 Å². The Balaban J connectivity index is 3.78. The lowest BCUT2D eigenvalue weighted by Gasteiger charge is -2.31. The van der Waals surface area contributed by atoms with Crippen LogP contribution in [0.25, 0.3) is 0 Å². The Labute approximate surface area is 131 Å². The molecule has 0 aromatic carbocycles. The van der Waals surface area contributed by atoms with E-state index >= 15 is 0 Å². The van der Waals surface area contributed by atoms with Gasteiger partial charge >= 0.3 is 0 Å². The van der Waals surface area contributed by atoms with Crippen LogP contribution in [0.5, 0.6) is 0 Å². The van der Waals surface area contributed by atoms with Crippen molar-refractivity contribution in [3.05, 3.63) is 12.2 Å². The first-order valence-electron chi connectivity index (χ1n) is 8.24. The fraction of sp³-hybridized carbons (Fsp3) is 0.824. The number of rotatable bonds is 12. The predicted octanol–water partition coefficient (Wildman–Crippen LogP) is 2.43. The van der Waals surface area contributed by atoms with Gasteiger partial charge in [0.2, 0.25) is 5.91 Å². The van der Waals surface area contributed by atoms with Gasteiger partial charge in [-0.1, -0.05) is 31.9 Å². The minimum absolute atomic E-state index is 0.190. The lowest BCUT2D eigenvalue weighted by Crippen LogP contribution is -2.47. The van der Waals surface area contributed by atoms with Gasteiger partial charge in [0.1, 0.15) is 6.54 Å². The minimum Gasteiger partial charge on any atom is -0.391 e. The molecule has 0 aliphatic heterocycles. The van der Waals surface area contributed by atoms with Crippen LogP contribution >= 0.6 is 0 Å². The largest absolute Gasteiger partial charge is 0.391 e. The smallest absolute Gasteiger partial charge is 0.222 e. The Morgan fingerprint density at radius 2 is 1.76 bits per heavy atom. The van der Waals surface area contributed by atoms with E-state index in [1.54, 1.807) is 0 Å². The zero-order valence-electron chi connectivity index (χ0n) is 14.5. The average Bonchev–Trinajstić information content (AvgIpc) is 2.43. The third-order valence-corrected chi connectivity index (χ3v) is 3.82. The zero-order chi connectivity index (χ0) is 16.1. The Bertz CT molecular complexity index is 301. The maximum absolute atomic E-state index is 12.0. The Morgan fingerprint density at radius 3 is 2.33 bits per heavy atom. The van der Waals surface area contributed by atoms with Crippen LogP contribution in [0.2, 0.25) is 0 Å². The van der Waals surface area contributed by atoms with Crippen molar-refractivity contribution in [2.45, 2.75) is 45.4 Å². The Morgan fingerprint density at radius 1 is 1.14 bits per heavy atom. The molecular formula is C17H35N2O2+. The Kier molecular flexibility index (Phi) is 11.3. The lowest BCUT2D eigenvalue weighted by atomic mass is 10.2. The number of allylic oxidation sites excluding steroid dienone is 2. The van der Waals surface area contributed by atoms with Crippen molar-refractivity contribution in [1.82, 2.24) is 4.90 Å². The van der Waals surface area contributed by atoms with Gasteiger partial charge in [-0.3, -0.25) is 4.79 Å². The summed E-state index contributed by atoms with van der Waals surface area (Å²) in [6, 6.07) is 0. The molecule has 21 heavy (non-hydrogen) atoms. The first kappa shape index (κ1) is 20.1. The van der Waals surface area contributed by atoms with E-state index in [4.69, 9.17) is 5.11 Å². The zero-order valence-corrected chi connectivity index (χ0v) is 14.5. The number of amides is 1. The lowest BCUT2D eigenvalue weighted by molar-refractivity contribution is -0.890. The summed E-state index contributed by atoms with van der Waals surface area (Å²) in [7, 11) is 6.03. The molecule has 1 amide bonds. The number of likely N-dealkylation sites (N-methyl/N-ethyl adjacent to an activating group) is 2. The summed E-state index contributed by atoms with van der Waals surface area (Å²) in [4.78, 5) is 13.8. The molecule has 0 aliphatic rings. The maximum atomic E-state index is 12.0. The first-order valence-corrected chi connectivity index (χ1v) is 8.24. The molecule has 0 saturated heterocycles. The first-order chi connectivity index (χ1) is 9.93. The van der Waals surface area contributed by atoms with Gasteiger partial charge in [0.05, 0.1) is 33.8 Å². The fourth-order valence-electron chi connectivity index (χ4n) is 2.05. The molecule has 124 valence electrons. The van der Waals surface area contributed by atoms with Crippen molar-refractivity contribution in [3.8, 4) is 0 Å². The third-order valence-electron chi connectivity index (χ3n) is 3.82. The summed E-state index contributed by atoms with van der Waals surface area (Å²) in [5.41, 5.74) is 0. The van der Waals surface area contributed by atoms with Crippen LogP contribution < -0.4 is 0 Å². The standard InChI is InChI=1S/C17H35N2O2/c1-5-6-7-8-9-10-11-12-17(21)18(2)13-14-19(3,4)15-16-20/h8-9,20H,5-7,10-16H2,1-4H3/q+1/b9-8+. The minimum atomic E-state index is 0.190. The summed E-state index contributed by atoms with van der Waals surface area (Å²) in [6.45, 7) is 4.74. The third kappa shape index (κ3) is 11.5. The van der Waals surface area contributed by atoms with E-state index in [1.165, 1.54) is 12.8 Å². The summed E-state index contributed by atoms with van der Waals surface area (Å²) < 4.78 is 0.744. The summed E-state index contributed by atoms with van der Waals surface area (Å²) in [5.74, 6) is 0.223. The summed E-state index contributed by atoms with van der Waals surface area (Å²) >= 11 is 0. The van der Waals surface area contributed by atoms with E-state index < -0.39 is 0 Å². The topological polar surface area (TPSA) is 40.5 Å². The van der Waals surface area contributed by atoms with Gasteiger partial charge in [-0.05, 0) is 19.3 Å². The highest BCUT2D eigenvalue weighted by Crippen LogP contribution is 2.04. The monoisotopic (exact) mass is 299 g/mol. The molecule has 0 unspecified atom stereocenters. The number of carbonyl (C=O) groups is 1. The molecule has 0 heterocycles. The average molecular weight is 299 g/mol. The van der Waals surface area contributed by atoms with Crippen molar-refractivity contribution in [3.63, 3.8) is 0 Å². The molecule has 0 fully saturated rings. The molecule has 0 aromatic rings. The van der Waals surface area contributed by atoms with Crippen molar-refractivity contribution >= 4 is 5.91 Å². The second-order valence-corrected chi connectivity index (χ2v) is 6.43. The van der Waals surface area contributed by atoms with Gasteiger partial charge in [0.25, 0.3) is 0 Å². The fourth-order valence-corrected chi connectivity index (χ4v) is 2.05. The molecule has 0 aromatic heterocycles. The highest BCUT2D eigenvalue weighted by molar-refractivity contribution is 5.75. The number of aliphatic hydroxyl groups excluding tert-OH is 1. The number of aliphatic hydroxyl groups is 1. The molecule has 1 N–H and O–H groups in total.